The van der Waals surface area contributed by atoms with Crippen LogP contribution in [-0.4, -0.2) is 41.7 Å². The standard InChI is InChI=1S/C13H25NO2S2/c1-16-13-7-4-9-14(13)12(15)6-3-2-5-11(18)8-10-17/h11,13,17-18H,2-10H2,1H3. The van der Waals surface area contributed by atoms with E-state index in [1.807, 2.05) is 4.90 Å². The van der Waals surface area contributed by atoms with Crippen molar-refractivity contribution in [2.24, 2.45) is 0 Å². The summed E-state index contributed by atoms with van der Waals surface area (Å²) < 4.78 is 5.31. The van der Waals surface area contributed by atoms with Gasteiger partial charge >= 0.3 is 0 Å². The maximum atomic E-state index is 12.0. The number of hydrogen-bond acceptors (Lipinski definition) is 4. The number of methoxy groups -OCH3 is 1. The minimum Gasteiger partial charge on any atom is -0.362 e. The van der Waals surface area contributed by atoms with Gasteiger partial charge in [0.25, 0.3) is 0 Å². The van der Waals surface area contributed by atoms with E-state index in [0.29, 0.717) is 11.7 Å². The van der Waals surface area contributed by atoms with Gasteiger partial charge in [-0.25, -0.2) is 0 Å². The number of carbonyl (C=O) groups is 1. The summed E-state index contributed by atoms with van der Waals surface area (Å²) in [5.41, 5.74) is 0. The lowest BCUT2D eigenvalue weighted by Gasteiger charge is -2.23. The van der Waals surface area contributed by atoms with Crippen LogP contribution in [0.5, 0.6) is 0 Å². The van der Waals surface area contributed by atoms with E-state index in [-0.39, 0.29) is 12.1 Å². The van der Waals surface area contributed by atoms with E-state index >= 15 is 0 Å². The fraction of sp³-hybridized carbons (Fsp3) is 0.923. The first kappa shape index (κ1) is 16.2. The molecule has 1 heterocycles. The Hall–Kier alpha value is 0.130. The summed E-state index contributed by atoms with van der Waals surface area (Å²) in [5.74, 6) is 1.13. The molecule has 2 atom stereocenters. The molecule has 0 aliphatic carbocycles. The van der Waals surface area contributed by atoms with E-state index < -0.39 is 0 Å². The van der Waals surface area contributed by atoms with Crippen LogP contribution < -0.4 is 0 Å². The second kappa shape index (κ2) is 9.10. The SMILES string of the molecule is COC1CCCN1C(=O)CCCCC(S)CCS. The van der Waals surface area contributed by atoms with Gasteiger partial charge < -0.3 is 9.64 Å². The van der Waals surface area contributed by atoms with Crippen molar-refractivity contribution in [1.82, 2.24) is 4.90 Å². The third-order valence-corrected chi connectivity index (χ3v) is 4.21. The molecule has 1 saturated heterocycles. The Morgan fingerprint density at radius 2 is 2.22 bits per heavy atom. The third-order valence-electron chi connectivity index (χ3n) is 3.43. The van der Waals surface area contributed by atoms with Crippen molar-refractivity contribution in [3.8, 4) is 0 Å². The first-order valence-electron chi connectivity index (χ1n) is 6.80. The number of ether oxygens (including phenoxy) is 1. The van der Waals surface area contributed by atoms with E-state index in [1.54, 1.807) is 7.11 Å². The maximum absolute atomic E-state index is 12.0. The summed E-state index contributed by atoms with van der Waals surface area (Å²) in [6, 6.07) is 0. The molecule has 1 aliphatic heterocycles. The quantitative estimate of drug-likeness (QED) is 0.532. The Morgan fingerprint density at radius 3 is 2.89 bits per heavy atom. The van der Waals surface area contributed by atoms with Gasteiger partial charge in [-0.3, -0.25) is 4.79 Å². The van der Waals surface area contributed by atoms with Gasteiger partial charge in [-0.05, 0) is 37.9 Å². The predicted molar refractivity (Wildman–Crippen MR) is 81.5 cm³/mol. The van der Waals surface area contributed by atoms with Gasteiger partial charge in [-0.2, -0.15) is 25.3 Å². The lowest BCUT2D eigenvalue weighted by atomic mass is 10.1. The molecule has 0 N–H and O–H groups in total. The number of thiol groups is 2. The van der Waals surface area contributed by atoms with Gasteiger partial charge in [0, 0.05) is 25.3 Å². The molecule has 3 nitrogen and oxygen atoms in total. The Labute approximate surface area is 121 Å². The molecule has 2 unspecified atom stereocenters. The number of hydrogen-bond donors (Lipinski definition) is 2. The van der Waals surface area contributed by atoms with E-state index in [9.17, 15) is 4.79 Å². The van der Waals surface area contributed by atoms with Crippen LogP contribution in [0.3, 0.4) is 0 Å². The molecule has 0 aromatic carbocycles. The van der Waals surface area contributed by atoms with Gasteiger partial charge in [-0.1, -0.05) is 6.42 Å². The maximum Gasteiger partial charge on any atom is 0.224 e. The lowest BCUT2D eigenvalue weighted by Crippen LogP contribution is -2.36. The normalized spacial score (nSPS) is 21.3. The average molecular weight is 291 g/mol. The molecule has 0 aromatic heterocycles. The fourth-order valence-electron chi connectivity index (χ4n) is 2.36. The zero-order valence-electron chi connectivity index (χ0n) is 11.2. The number of carbonyl (C=O) groups excluding carboxylic acids is 1. The first-order valence-corrected chi connectivity index (χ1v) is 7.95. The van der Waals surface area contributed by atoms with E-state index in [4.69, 9.17) is 4.74 Å². The molecule has 106 valence electrons. The number of amides is 1. The van der Waals surface area contributed by atoms with E-state index in [0.717, 1.165) is 50.8 Å². The number of nitrogens with zero attached hydrogens (tertiary/aromatic N) is 1. The van der Waals surface area contributed by atoms with Crippen LogP contribution in [0.1, 0.15) is 44.9 Å². The van der Waals surface area contributed by atoms with Crippen LogP contribution in [0, 0.1) is 0 Å². The lowest BCUT2D eigenvalue weighted by molar-refractivity contribution is -0.140. The second-order valence-corrected chi connectivity index (χ2v) is 6.01. The van der Waals surface area contributed by atoms with Gasteiger partial charge in [0.15, 0.2) is 0 Å². The molecular weight excluding hydrogens is 266 g/mol. The molecule has 0 radical (unpaired) electrons. The number of likely N-dealkylation sites (tertiary alicyclic amines) is 1. The predicted octanol–water partition coefficient (Wildman–Crippen LogP) is 2.76. The van der Waals surface area contributed by atoms with Crippen molar-refractivity contribution in [2.45, 2.75) is 56.4 Å². The highest BCUT2D eigenvalue weighted by atomic mass is 32.1. The molecule has 1 amide bonds. The highest BCUT2D eigenvalue weighted by Crippen LogP contribution is 2.20. The summed E-state index contributed by atoms with van der Waals surface area (Å²) in [4.78, 5) is 13.9. The largest absolute Gasteiger partial charge is 0.362 e. The molecular formula is C13H25NO2S2. The van der Waals surface area contributed by atoms with Crippen molar-refractivity contribution >= 4 is 31.2 Å². The van der Waals surface area contributed by atoms with Crippen LogP contribution in [-0.2, 0) is 9.53 Å². The zero-order chi connectivity index (χ0) is 13.4. The molecule has 1 rings (SSSR count). The highest BCUT2D eigenvalue weighted by molar-refractivity contribution is 7.81. The molecule has 0 bridgehead atoms. The van der Waals surface area contributed by atoms with Gasteiger partial charge in [0.05, 0.1) is 0 Å². The Kier molecular flexibility index (Phi) is 8.18. The van der Waals surface area contributed by atoms with Crippen LogP contribution in [0.4, 0.5) is 0 Å². The summed E-state index contributed by atoms with van der Waals surface area (Å²) in [6.07, 6.45) is 6.83. The smallest absolute Gasteiger partial charge is 0.224 e. The second-order valence-electron chi connectivity index (χ2n) is 4.83. The highest BCUT2D eigenvalue weighted by Gasteiger charge is 2.27. The molecule has 0 aromatic rings. The Balaban J connectivity index is 2.13. The molecule has 0 saturated carbocycles. The minimum absolute atomic E-state index is 0.0132. The van der Waals surface area contributed by atoms with Crippen LogP contribution in [0.25, 0.3) is 0 Å². The van der Waals surface area contributed by atoms with Crippen molar-refractivity contribution in [3.05, 3.63) is 0 Å². The van der Waals surface area contributed by atoms with Crippen LogP contribution in [0.15, 0.2) is 0 Å². The molecule has 1 fully saturated rings. The van der Waals surface area contributed by atoms with Gasteiger partial charge in [-0.15, -0.1) is 0 Å². The monoisotopic (exact) mass is 291 g/mol. The zero-order valence-corrected chi connectivity index (χ0v) is 13.0. The fourth-order valence-corrected chi connectivity index (χ4v) is 3.19. The summed E-state index contributed by atoms with van der Waals surface area (Å²) in [7, 11) is 1.68. The van der Waals surface area contributed by atoms with E-state index in [1.165, 1.54) is 0 Å². The van der Waals surface area contributed by atoms with Crippen LogP contribution in [0.2, 0.25) is 0 Å². The van der Waals surface area contributed by atoms with Crippen molar-refractivity contribution in [3.63, 3.8) is 0 Å². The topological polar surface area (TPSA) is 29.5 Å². The van der Waals surface area contributed by atoms with Crippen LogP contribution >= 0.6 is 25.3 Å². The van der Waals surface area contributed by atoms with Crippen molar-refractivity contribution < 1.29 is 9.53 Å². The Bertz CT molecular complexity index is 251. The number of rotatable bonds is 8. The average Bonchev–Trinajstić information content (AvgIpc) is 2.83. The first-order chi connectivity index (χ1) is 8.69. The Morgan fingerprint density at radius 1 is 1.44 bits per heavy atom. The summed E-state index contributed by atoms with van der Waals surface area (Å²) >= 11 is 8.68. The minimum atomic E-state index is 0.0132. The third kappa shape index (κ3) is 5.41. The van der Waals surface area contributed by atoms with Gasteiger partial charge in [0.2, 0.25) is 5.91 Å². The molecule has 5 heteroatoms. The summed E-state index contributed by atoms with van der Waals surface area (Å²) in [6.45, 7) is 0.853. The molecule has 1 aliphatic rings. The van der Waals surface area contributed by atoms with E-state index in [2.05, 4.69) is 25.3 Å². The number of unbranched alkanes of at least 4 members (excludes halogenated alkanes) is 1. The summed E-state index contributed by atoms with van der Waals surface area (Å²) in [5, 5.41) is 0.427. The van der Waals surface area contributed by atoms with Crippen molar-refractivity contribution in [1.29, 1.82) is 0 Å². The van der Waals surface area contributed by atoms with Crippen molar-refractivity contribution in [2.75, 3.05) is 19.4 Å². The molecule has 18 heavy (non-hydrogen) atoms. The van der Waals surface area contributed by atoms with Gasteiger partial charge in [0.1, 0.15) is 6.23 Å². The molecule has 0 spiro atoms.